The molecule has 1 aliphatic carbocycles. The van der Waals surface area contributed by atoms with E-state index in [0.29, 0.717) is 13.0 Å². The van der Waals surface area contributed by atoms with Gasteiger partial charge in [-0.1, -0.05) is 55.3 Å². The Labute approximate surface area is 172 Å². The van der Waals surface area contributed by atoms with Gasteiger partial charge in [0, 0.05) is 18.5 Å². The van der Waals surface area contributed by atoms with E-state index in [1.54, 1.807) is 13.2 Å². The first-order chi connectivity index (χ1) is 14.1. The van der Waals surface area contributed by atoms with Crippen LogP contribution in [0.4, 0.5) is 0 Å². The Morgan fingerprint density at radius 3 is 2.59 bits per heavy atom. The Hall–Kier alpha value is -2.59. The van der Waals surface area contributed by atoms with E-state index >= 15 is 0 Å². The molecule has 4 nitrogen and oxygen atoms in total. The van der Waals surface area contributed by atoms with E-state index in [2.05, 4.69) is 0 Å². The molecule has 152 valence electrons. The summed E-state index contributed by atoms with van der Waals surface area (Å²) in [6.07, 6.45) is 8.11. The maximum absolute atomic E-state index is 13.2. The molecule has 0 unspecified atom stereocenters. The summed E-state index contributed by atoms with van der Waals surface area (Å²) in [7, 11) is 1.65. The Bertz CT molecular complexity index is 861. The van der Waals surface area contributed by atoms with Crippen LogP contribution in [0, 0.1) is 5.92 Å². The van der Waals surface area contributed by atoms with E-state index in [1.807, 2.05) is 65.6 Å². The predicted octanol–water partition coefficient (Wildman–Crippen LogP) is 4.60. The first-order valence-corrected chi connectivity index (χ1v) is 10.5. The number of methoxy groups -OCH3 is 1. The minimum absolute atomic E-state index is 0.00212. The normalized spacial score (nSPS) is 26.9. The van der Waals surface area contributed by atoms with Crippen molar-refractivity contribution in [2.75, 3.05) is 13.7 Å². The zero-order chi connectivity index (χ0) is 20.3. The highest BCUT2D eigenvalue weighted by Crippen LogP contribution is 2.49. The van der Waals surface area contributed by atoms with Gasteiger partial charge in [0.25, 0.3) is 0 Å². The average Bonchev–Trinajstić information content (AvgIpc) is 2.77. The fourth-order valence-corrected chi connectivity index (χ4v) is 4.97. The second-order valence-corrected chi connectivity index (χ2v) is 8.20. The van der Waals surface area contributed by atoms with Crippen LogP contribution in [0.1, 0.15) is 49.3 Å². The first-order valence-electron chi connectivity index (χ1n) is 10.5. The highest BCUT2D eigenvalue weighted by Gasteiger charge is 2.49. The fraction of sp³-hybridized carbons (Fsp3) is 0.400. The third kappa shape index (κ3) is 4.08. The number of piperidine rings is 1. The van der Waals surface area contributed by atoms with E-state index in [4.69, 9.17) is 4.74 Å². The average molecular weight is 392 g/mol. The third-order valence-electron chi connectivity index (χ3n) is 6.53. The maximum Gasteiger partial charge on any atom is 0.247 e. The lowest BCUT2D eigenvalue weighted by Gasteiger charge is -2.52. The quantitative estimate of drug-likeness (QED) is 0.775. The summed E-state index contributed by atoms with van der Waals surface area (Å²) in [5.41, 5.74) is 1.40. The summed E-state index contributed by atoms with van der Waals surface area (Å²) in [6.45, 7) is 0.571. The molecule has 1 N–H and O–H groups in total. The molecule has 1 saturated carbocycles. The van der Waals surface area contributed by atoms with Crippen molar-refractivity contribution in [2.24, 2.45) is 5.92 Å². The van der Waals surface area contributed by atoms with Gasteiger partial charge in [0.1, 0.15) is 5.75 Å². The summed E-state index contributed by atoms with van der Waals surface area (Å²) >= 11 is 0. The molecule has 1 saturated heterocycles. The molecule has 2 aromatic carbocycles. The molecule has 0 aromatic heterocycles. The van der Waals surface area contributed by atoms with Crippen LogP contribution >= 0.6 is 0 Å². The monoisotopic (exact) mass is 391 g/mol. The Morgan fingerprint density at radius 1 is 1.10 bits per heavy atom. The molecule has 2 aromatic rings. The zero-order valence-electron chi connectivity index (χ0n) is 17.0. The van der Waals surface area contributed by atoms with E-state index in [1.165, 1.54) is 0 Å². The van der Waals surface area contributed by atoms with Crippen molar-refractivity contribution in [3.8, 4) is 5.75 Å². The Morgan fingerprint density at radius 2 is 1.86 bits per heavy atom. The van der Waals surface area contributed by atoms with Crippen LogP contribution in [0.25, 0.3) is 6.08 Å². The molecule has 1 heterocycles. The summed E-state index contributed by atoms with van der Waals surface area (Å²) in [5.74, 6) is 0.861. The zero-order valence-corrected chi connectivity index (χ0v) is 17.0. The summed E-state index contributed by atoms with van der Waals surface area (Å²) < 4.78 is 5.30. The number of fused-ring (bicyclic) bond motifs is 1. The number of hydrogen-bond donors (Lipinski definition) is 1. The number of aliphatic hydroxyl groups is 1. The second kappa shape index (κ2) is 8.42. The van der Waals surface area contributed by atoms with Gasteiger partial charge in [-0.25, -0.2) is 0 Å². The van der Waals surface area contributed by atoms with Crippen molar-refractivity contribution in [3.05, 3.63) is 71.8 Å². The highest BCUT2D eigenvalue weighted by molar-refractivity contribution is 5.92. The summed E-state index contributed by atoms with van der Waals surface area (Å²) in [5, 5.41) is 11.4. The van der Waals surface area contributed by atoms with E-state index < -0.39 is 5.60 Å². The minimum Gasteiger partial charge on any atom is -0.497 e. The topological polar surface area (TPSA) is 49.8 Å². The maximum atomic E-state index is 13.2. The molecule has 3 atom stereocenters. The molecular weight excluding hydrogens is 362 g/mol. The molecule has 1 amide bonds. The molecule has 4 rings (SSSR count). The van der Waals surface area contributed by atoms with Crippen molar-refractivity contribution < 1.29 is 14.6 Å². The highest BCUT2D eigenvalue weighted by atomic mass is 16.5. The van der Waals surface area contributed by atoms with Gasteiger partial charge in [0.15, 0.2) is 0 Å². The lowest BCUT2D eigenvalue weighted by atomic mass is 9.66. The van der Waals surface area contributed by atoms with Crippen LogP contribution in [-0.2, 0) is 4.79 Å². The molecule has 2 fully saturated rings. The number of nitrogens with zero attached hydrogens (tertiary/aromatic N) is 1. The number of rotatable bonds is 4. The number of ether oxygens (including phenoxy) is 1. The molecule has 4 heteroatoms. The van der Waals surface area contributed by atoms with E-state index in [0.717, 1.165) is 42.6 Å². The lowest BCUT2D eigenvalue weighted by molar-refractivity contribution is -0.150. The van der Waals surface area contributed by atoms with Crippen molar-refractivity contribution in [3.63, 3.8) is 0 Å². The Balaban J connectivity index is 1.65. The van der Waals surface area contributed by atoms with Crippen LogP contribution in [0.3, 0.4) is 0 Å². The van der Waals surface area contributed by atoms with Gasteiger partial charge in [0.05, 0.1) is 18.8 Å². The van der Waals surface area contributed by atoms with Gasteiger partial charge in [-0.05, 0) is 48.6 Å². The SMILES string of the molecule is COc1ccc([C@H]2[C@H]3CCCC[C@]3(O)CCN2C(=O)C=Cc2ccccc2)cc1. The molecule has 0 spiro atoms. The minimum atomic E-state index is -0.678. The molecule has 0 radical (unpaired) electrons. The van der Waals surface area contributed by atoms with Crippen molar-refractivity contribution in [1.29, 1.82) is 0 Å². The number of benzene rings is 2. The lowest BCUT2D eigenvalue weighted by Crippen LogP contribution is -2.56. The fourth-order valence-electron chi connectivity index (χ4n) is 4.97. The van der Waals surface area contributed by atoms with Crippen molar-refractivity contribution >= 4 is 12.0 Å². The largest absolute Gasteiger partial charge is 0.497 e. The standard InChI is InChI=1S/C25H29NO3/c1-29-21-13-11-20(12-14-21)24-22-9-5-6-16-25(22,28)17-18-26(24)23(27)15-10-19-7-3-2-4-8-19/h2-4,7-8,10-15,22,24,28H,5-6,9,16-18H2,1H3/t22-,24+,25+/m1/s1. The number of hydrogen-bond acceptors (Lipinski definition) is 3. The number of amides is 1. The molecule has 29 heavy (non-hydrogen) atoms. The van der Waals surface area contributed by atoms with Gasteiger partial charge < -0.3 is 14.7 Å². The van der Waals surface area contributed by atoms with E-state index in [-0.39, 0.29) is 17.9 Å². The van der Waals surface area contributed by atoms with Crippen LogP contribution in [0.15, 0.2) is 60.7 Å². The predicted molar refractivity (Wildman–Crippen MR) is 114 cm³/mol. The second-order valence-electron chi connectivity index (χ2n) is 8.20. The third-order valence-corrected chi connectivity index (χ3v) is 6.53. The van der Waals surface area contributed by atoms with Gasteiger partial charge in [0.2, 0.25) is 5.91 Å². The number of carbonyl (C=O) groups excluding carboxylic acids is 1. The van der Waals surface area contributed by atoms with Crippen molar-refractivity contribution in [1.82, 2.24) is 4.90 Å². The van der Waals surface area contributed by atoms with Gasteiger partial charge >= 0.3 is 0 Å². The van der Waals surface area contributed by atoms with E-state index in [9.17, 15) is 9.90 Å². The number of likely N-dealkylation sites (tertiary alicyclic amines) is 1. The molecule has 2 aliphatic rings. The number of carbonyl (C=O) groups is 1. The van der Waals surface area contributed by atoms with Gasteiger partial charge in [-0.2, -0.15) is 0 Å². The van der Waals surface area contributed by atoms with Crippen LogP contribution in [0.5, 0.6) is 5.75 Å². The molecule has 0 bridgehead atoms. The Kier molecular flexibility index (Phi) is 5.72. The van der Waals surface area contributed by atoms with Gasteiger partial charge in [-0.3, -0.25) is 4.79 Å². The molecular formula is C25H29NO3. The molecule has 1 aliphatic heterocycles. The van der Waals surface area contributed by atoms with Crippen molar-refractivity contribution in [2.45, 2.75) is 43.7 Å². The smallest absolute Gasteiger partial charge is 0.247 e. The summed E-state index contributed by atoms with van der Waals surface area (Å²) in [6, 6.07) is 17.7. The van der Waals surface area contributed by atoms with Crippen LogP contribution < -0.4 is 4.74 Å². The van der Waals surface area contributed by atoms with Gasteiger partial charge in [-0.15, -0.1) is 0 Å². The summed E-state index contributed by atoms with van der Waals surface area (Å²) in [4.78, 5) is 15.1. The first kappa shape index (κ1) is 19.7. The van der Waals surface area contributed by atoms with Crippen LogP contribution in [-0.4, -0.2) is 35.2 Å². The van der Waals surface area contributed by atoms with Crippen LogP contribution in [0.2, 0.25) is 0 Å².